The quantitative estimate of drug-likeness (QED) is 0.240. The van der Waals surface area contributed by atoms with Gasteiger partial charge in [0.05, 0.1) is 18.8 Å². The van der Waals surface area contributed by atoms with E-state index in [2.05, 4.69) is 17.0 Å². The van der Waals surface area contributed by atoms with Gasteiger partial charge in [-0.3, -0.25) is 0 Å². The van der Waals surface area contributed by atoms with Gasteiger partial charge < -0.3 is 35.2 Å². The lowest BCUT2D eigenvalue weighted by atomic mass is 9.93. The fourth-order valence-corrected chi connectivity index (χ4v) is 2.52. The van der Waals surface area contributed by atoms with Gasteiger partial charge in [0.1, 0.15) is 18.3 Å². The van der Waals surface area contributed by atoms with E-state index in [0.717, 1.165) is 13.0 Å². The van der Waals surface area contributed by atoms with E-state index in [1.165, 1.54) is 26.4 Å². The van der Waals surface area contributed by atoms with Crippen molar-refractivity contribution in [1.29, 1.82) is 0 Å². The summed E-state index contributed by atoms with van der Waals surface area (Å²) in [5.74, 6) is 0. The molecule has 1 heterocycles. The van der Waals surface area contributed by atoms with Gasteiger partial charge in [0, 0.05) is 13.5 Å². The molecule has 0 aromatic carbocycles. The van der Waals surface area contributed by atoms with Crippen molar-refractivity contribution in [2.75, 3.05) is 20.3 Å². The first-order valence-electron chi connectivity index (χ1n) is 8.11. The number of nitrogens with one attached hydrogen (secondary N) is 1. The largest absolute Gasteiger partial charge is 0.390 e. The van der Waals surface area contributed by atoms with E-state index in [1.54, 1.807) is 0 Å². The number of unbranched alkanes of at least 4 members (excludes halogenated alkanes) is 3. The molecule has 1 aliphatic rings. The zero-order valence-corrected chi connectivity index (χ0v) is 13.5. The fraction of sp³-hybridized carbons (Fsp3) is 1.00. The second-order valence-corrected chi connectivity index (χ2v) is 5.89. The van der Waals surface area contributed by atoms with E-state index in [-0.39, 0.29) is 12.5 Å². The zero-order valence-electron chi connectivity index (χ0n) is 13.5. The van der Waals surface area contributed by atoms with E-state index in [0.29, 0.717) is 6.61 Å². The third-order valence-corrected chi connectivity index (χ3v) is 4.10. The molecule has 7 nitrogen and oxygen atoms in total. The molecule has 1 rings (SSSR count). The second kappa shape index (κ2) is 10.5. The molecule has 7 heteroatoms. The summed E-state index contributed by atoms with van der Waals surface area (Å²) < 4.78 is 9.93. The first-order valence-corrected chi connectivity index (χ1v) is 8.11. The first kappa shape index (κ1) is 19.8. The molecule has 1 aliphatic heterocycles. The van der Waals surface area contributed by atoms with Gasteiger partial charge in [-0.25, -0.2) is 0 Å². The molecule has 6 unspecified atom stereocenters. The number of ether oxygens (including phenoxy) is 2. The van der Waals surface area contributed by atoms with Gasteiger partial charge >= 0.3 is 0 Å². The summed E-state index contributed by atoms with van der Waals surface area (Å²) in [4.78, 5) is 0. The average molecular weight is 321 g/mol. The molecule has 0 saturated carbocycles. The lowest BCUT2D eigenvalue weighted by Crippen LogP contribution is -2.63. The van der Waals surface area contributed by atoms with Crippen LogP contribution in [0.25, 0.3) is 0 Å². The molecule has 1 saturated heterocycles. The minimum atomic E-state index is -1.39. The van der Waals surface area contributed by atoms with Crippen LogP contribution in [0.3, 0.4) is 0 Å². The predicted molar refractivity (Wildman–Crippen MR) is 81.3 cm³/mol. The van der Waals surface area contributed by atoms with Crippen LogP contribution in [-0.4, -0.2) is 77.4 Å². The highest BCUT2D eigenvalue weighted by atomic mass is 16.6. The third-order valence-electron chi connectivity index (χ3n) is 4.10. The van der Waals surface area contributed by atoms with Crippen molar-refractivity contribution in [2.24, 2.45) is 0 Å². The van der Waals surface area contributed by atoms with Crippen LogP contribution in [0.2, 0.25) is 0 Å². The Bertz CT molecular complexity index is 293. The maximum absolute atomic E-state index is 10.1. The zero-order chi connectivity index (χ0) is 16.5. The summed E-state index contributed by atoms with van der Waals surface area (Å²) >= 11 is 0. The van der Waals surface area contributed by atoms with E-state index < -0.39 is 30.7 Å². The second-order valence-electron chi connectivity index (χ2n) is 5.89. The van der Waals surface area contributed by atoms with Gasteiger partial charge in [-0.05, 0) is 13.0 Å². The van der Waals surface area contributed by atoms with Gasteiger partial charge in [0.25, 0.3) is 0 Å². The first-order chi connectivity index (χ1) is 10.5. The van der Waals surface area contributed by atoms with Gasteiger partial charge in [0.15, 0.2) is 6.29 Å². The smallest absolute Gasteiger partial charge is 0.156 e. The van der Waals surface area contributed by atoms with Crippen molar-refractivity contribution in [3.05, 3.63) is 0 Å². The number of aliphatic hydroxyl groups excluding tert-OH is 4. The number of rotatable bonds is 12. The van der Waals surface area contributed by atoms with Crippen LogP contribution < -0.4 is 5.32 Å². The van der Waals surface area contributed by atoms with E-state index in [9.17, 15) is 20.4 Å². The number of aliphatic hydroxyl groups is 4. The average Bonchev–Trinajstić information content (AvgIpc) is 2.48. The van der Waals surface area contributed by atoms with E-state index in [4.69, 9.17) is 4.74 Å². The molecular formula is C15H31NO6. The number of methoxy groups -OCH3 is 1. The molecule has 0 radical (unpaired) electrons. The Morgan fingerprint density at radius 1 is 1.18 bits per heavy atom. The summed E-state index contributed by atoms with van der Waals surface area (Å²) in [5.41, 5.74) is 0. The Balaban J connectivity index is 2.30. The van der Waals surface area contributed by atoms with Crippen molar-refractivity contribution in [3.63, 3.8) is 0 Å². The van der Waals surface area contributed by atoms with E-state index >= 15 is 0 Å². The van der Waals surface area contributed by atoms with Crippen molar-refractivity contribution in [3.8, 4) is 0 Å². The SMILES string of the molecule is CCCCCCNC1COC1C(O)C(O)C(O)CC(O)OC. The van der Waals surface area contributed by atoms with Gasteiger partial charge in [0.2, 0.25) is 0 Å². The Labute approximate surface area is 132 Å². The molecule has 0 aromatic rings. The van der Waals surface area contributed by atoms with Crippen molar-refractivity contribution < 1.29 is 29.9 Å². The number of hydrogen-bond acceptors (Lipinski definition) is 7. The molecule has 22 heavy (non-hydrogen) atoms. The van der Waals surface area contributed by atoms with Gasteiger partial charge in [-0.2, -0.15) is 0 Å². The lowest BCUT2D eigenvalue weighted by molar-refractivity contribution is -0.193. The third kappa shape index (κ3) is 6.08. The highest BCUT2D eigenvalue weighted by Gasteiger charge is 2.42. The summed E-state index contributed by atoms with van der Waals surface area (Å²) in [7, 11) is 1.30. The number of hydrogen-bond donors (Lipinski definition) is 5. The van der Waals surface area contributed by atoms with Crippen LogP contribution in [0.5, 0.6) is 0 Å². The fourth-order valence-electron chi connectivity index (χ4n) is 2.52. The van der Waals surface area contributed by atoms with Crippen LogP contribution in [0, 0.1) is 0 Å². The molecule has 6 atom stereocenters. The Kier molecular flexibility index (Phi) is 9.42. The van der Waals surface area contributed by atoms with Crippen molar-refractivity contribution in [2.45, 2.75) is 75.8 Å². The molecule has 0 aromatic heterocycles. The van der Waals surface area contributed by atoms with Gasteiger partial charge in [-0.15, -0.1) is 0 Å². The molecule has 5 N–H and O–H groups in total. The van der Waals surface area contributed by atoms with Crippen molar-refractivity contribution in [1.82, 2.24) is 5.32 Å². The van der Waals surface area contributed by atoms with Crippen LogP contribution in [0.15, 0.2) is 0 Å². The normalized spacial score (nSPS) is 27.0. The molecule has 1 fully saturated rings. The molecule has 0 spiro atoms. The minimum Gasteiger partial charge on any atom is -0.390 e. The minimum absolute atomic E-state index is 0.0224. The molecule has 0 aliphatic carbocycles. The maximum atomic E-state index is 10.1. The highest BCUT2D eigenvalue weighted by Crippen LogP contribution is 2.21. The predicted octanol–water partition coefficient (Wildman–Crippen LogP) is -0.639. The van der Waals surface area contributed by atoms with Crippen molar-refractivity contribution >= 4 is 0 Å². The summed E-state index contributed by atoms with van der Waals surface area (Å²) in [6.45, 7) is 3.49. The Hall–Kier alpha value is -0.280. The van der Waals surface area contributed by atoms with Crippen LogP contribution in [0.4, 0.5) is 0 Å². The summed E-state index contributed by atoms with van der Waals surface area (Å²) in [5, 5.41) is 42.4. The monoisotopic (exact) mass is 321 g/mol. The lowest BCUT2D eigenvalue weighted by Gasteiger charge is -2.42. The molecular weight excluding hydrogens is 290 g/mol. The molecule has 0 amide bonds. The summed E-state index contributed by atoms with van der Waals surface area (Å²) in [6, 6.07) is -0.0224. The molecule has 132 valence electrons. The molecule has 0 bridgehead atoms. The standard InChI is InChI=1S/C15H31NO6/c1-3-4-5-6-7-16-10-9-22-15(10)14(20)13(19)11(17)8-12(18)21-2/h10-20H,3-9H2,1-2H3. The maximum Gasteiger partial charge on any atom is 0.156 e. The van der Waals surface area contributed by atoms with Crippen LogP contribution in [0.1, 0.15) is 39.0 Å². The van der Waals surface area contributed by atoms with Crippen LogP contribution >= 0.6 is 0 Å². The summed E-state index contributed by atoms with van der Waals surface area (Å²) in [6.07, 6.45) is -1.13. The highest BCUT2D eigenvalue weighted by molar-refractivity contribution is 4.94. The van der Waals surface area contributed by atoms with Gasteiger partial charge in [-0.1, -0.05) is 26.2 Å². The van der Waals surface area contributed by atoms with E-state index in [1.807, 2.05) is 0 Å². The Morgan fingerprint density at radius 3 is 2.45 bits per heavy atom. The topological polar surface area (TPSA) is 111 Å². The Morgan fingerprint density at radius 2 is 1.91 bits per heavy atom. The van der Waals surface area contributed by atoms with Crippen LogP contribution in [-0.2, 0) is 9.47 Å².